The molecule has 0 aromatic carbocycles. The minimum Gasteiger partial charge on any atom is -0.306 e. The number of carbonyl (C=O) groups is 1. The molecule has 0 aliphatic rings. The predicted octanol–water partition coefficient (Wildman–Crippen LogP) is 2.14. The monoisotopic (exact) mass is 294 g/mol. The van der Waals surface area contributed by atoms with E-state index in [1.165, 1.54) is 0 Å². The van der Waals surface area contributed by atoms with E-state index in [4.69, 9.17) is 0 Å². The number of hydrogen-bond acceptors (Lipinski definition) is 3. The lowest BCUT2D eigenvalue weighted by molar-refractivity contribution is 0.102. The number of nitrogens with one attached hydrogen (secondary N) is 1. The van der Waals surface area contributed by atoms with E-state index in [0.717, 1.165) is 10.2 Å². The molecule has 0 spiro atoms. The Morgan fingerprint density at radius 1 is 1.41 bits per heavy atom. The molecule has 1 amide bonds. The largest absolute Gasteiger partial charge is 0.306 e. The number of amides is 1. The van der Waals surface area contributed by atoms with E-state index < -0.39 is 0 Å². The fraction of sp³-hybridized carbons (Fsp3) is 0.182. The number of anilines is 1. The normalized spacial score (nSPS) is 10.3. The van der Waals surface area contributed by atoms with Crippen LogP contribution < -0.4 is 5.32 Å². The summed E-state index contributed by atoms with van der Waals surface area (Å²) >= 11 is 3.28. The molecule has 0 bridgehead atoms. The van der Waals surface area contributed by atoms with E-state index in [2.05, 4.69) is 31.3 Å². The van der Waals surface area contributed by atoms with E-state index in [0.29, 0.717) is 11.4 Å². The Labute approximate surface area is 107 Å². The molecule has 17 heavy (non-hydrogen) atoms. The number of aromatic nitrogens is 3. The first-order valence-corrected chi connectivity index (χ1v) is 5.78. The van der Waals surface area contributed by atoms with Gasteiger partial charge in [0.25, 0.3) is 5.91 Å². The second kappa shape index (κ2) is 4.67. The Morgan fingerprint density at radius 3 is 2.71 bits per heavy atom. The van der Waals surface area contributed by atoms with Gasteiger partial charge in [-0.25, -0.2) is 4.98 Å². The summed E-state index contributed by atoms with van der Waals surface area (Å²) in [6.45, 7) is 1.84. The first kappa shape index (κ1) is 11.8. The fourth-order valence-electron chi connectivity index (χ4n) is 1.36. The van der Waals surface area contributed by atoms with Crippen LogP contribution in [0.5, 0.6) is 0 Å². The number of nitrogens with zero attached hydrogens (tertiary/aromatic N) is 3. The van der Waals surface area contributed by atoms with Crippen molar-refractivity contribution in [3.63, 3.8) is 0 Å². The number of hydrogen-bond donors (Lipinski definition) is 1. The molecule has 5 nitrogen and oxygen atoms in total. The third-order valence-electron chi connectivity index (χ3n) is 2.45. The minimum atomic E-state index is -0.203. The van der Waals surface area contributed by atoms with Crippen molar-refractivity contribution in [1.29, 1.82) is 0 Å². The lowest BCUT2D eigenvalue weighted by Gasteiger charge is -2.03. The zero-order chi connectivity index (χ0) is 12.4. The highest BCUT2D eigenvalue weighted by atomic mass is 79.9. The zero-order valence-corrected chi connectivity index (χ0v) is 11.0. The molecule has 0 aliphatic heterocycles. The highest BCUT2D eigenvalue weighted by molar-refractivity contribution is 9.10. The first-order valence-electron chi connectivity index (χ1n) is 4.99. The molecule has 1 N–H and O–H groups in total. The molecule has 2 rings (SSSR count). The second-order valence-electron chi connectivity index (χ2n) is 3.58. The summed E-state index contributed by atoms with van der Waals surface area (Å²) in [6.07, 6.45) is 3.18. The van der Waals surface area contributed by atoms with Gasteiger partial charge >= 0.3 is 0 Å². The average molecular weight is 295 g/mol. The van der Waals surface area contributed by atoms with Crippen LogP contribution in [-0.4, -0.2) is 20.7 Å². The zero-order valence-electron chi connectivity index (χ0n) is 9.44. The van der Waals surface area contributed by atoms with Gasteiger partial charge in [-0.1, -0.05) is 0 Å². The summed E-state index contributed by atoms with van der Waals surface area (Å²) in [6, 6.07) is 3.55. The smallest absolute Gasteiger partial charge is 0.260 e. The lowest BCUT2D eigenvalue weighted by atomic mass is 10.2. The third-order valence-corrected chi connectivity index (χ3v) is 2.92. The molecular weight excluding hydrogens is 284 g/mol. The van der Waals surface area contributed by atoms with E-state index in [9.17, 15) is 4.79 Å². The van der Waals surface area contributed by atoms with Crippen LogP contribution in [0.3, 0.4) is 0 Å². The maximum atomic E-state index is 11.9. The molecule has 2 aromatic rings. The summed E-state index contributed by atoms with van der Waals surface area (Å²) in [5.74, 6) is 0.312. The molecule has 2 heterocycles. The standard InChI is InChI=1S/C11H11BrN4O/c1-7-9(6-14-16(7)2)11(17)15-10-4-3-8(12)5-13-10/h3-6H,1-2H3,(H,13,15,17). The number of halogens is 1. The highest BCUT2D eigenvalue weighted by Crippen LogP contribution is 2.12. The van der Waals surface area contributed by atoms with Crippen molar-refractivity contribution < 1.29 is 4.79 Å². The summed E-state index contributed by atoms with van der Waals surface area (Å²) in [5, 5.41) is 6.74. The van der Waals surface area contributed by atoms with Crippen molar-refractivity contribution in [2.75, 3.05) is 5.32 Å². The quantitative estimate of drug-likeness (QED) is 0.923. The topological polar surface area (TPSA) is 59.8 Å². The van der Waals surface area contributed by atoms with Gasteiger partial charge in [-0.2, -0.15) is 5.10 Å². The predicted molar refractivity (Wildman–Crippen MR) is 67.8 cm³/mol. The maximum absolute atomic E-state index is 11.9. The molecular formula is C11H11BrN4O. The Morgan fingerprint density at radius 2 is 2.18 bits per heavy atom. The van der Waals surface area contributed by atoms with E-state index in [1.807, 2.05) is 13.0 Å². The van der Waals surface area contributed by atoms with Crippen LogP contribution in [0.15, 0.2) is 29.0 Å². The van der Waals surface area contributed by atoms with Crippen molar-refractivity contribution in [3.05, 3.63) is 40.3 Å². The summed E-state index contributed by atoms with van der Waals surface area (Å²) < 4.78 is 2.53. The van der Waals surface area contributed by atoms with Crippen molar-refractivity contribution >= 4 is 27.7 Å². The number of rotatable bonds is 2. The number of pyridine rings is 1. The lowest BCUT2D eigenvalue weighted by Crippen LogP contribution is -2.13. The van der Waals surface area contributed by atoms with Crippen molar-refractivity contribution in [3.8, 4) is 0 Å². The summed E-state index contributed by atoms with van der Waals surface area (Å²) in [5.41, 5.74) is 1.37. The van der Waals surface area contributed by atoms with E-state index in [1.54, 1.807) is 30.2 Å². The SMILES string of the molecule is Cc1c(C(=O)Nc2ccc(Br)cn2)cnn1C. The minimum absolute atomic E-state index is 0.203. The van der Waals surface area contributed by atoms with Crippen molar-refractivity contribution in [2.45, 2.75) is 6.92 Å². The Bertz CT molecular complexity index is 547. The summed E-state index contributed by atoms with van der Waals surface area (Å²) in [7, 11) is 1.80. The maximum Gasteiger partial charge on any atom is 0.260 e. The summed E-state index contributed by atoms with van der Waals surface area (Å²) in [4.78, 5) is 16.0. The van der Waals surface area contributed by atoms with Gasteiger partial charge in [-0.3, -0.25) is 9.48 Å². The van der Waals surface area contributed by atoms with Gasteiger partial charge in [0, 0.05) is 23.4 Å². The fourth-order valence-corrected chi connectivity index (χ4v) is 1.59. The van der Waals surface area contributed by atoms with Gasteiger partial charge in [0.15, 0.2) is 0 Å². The van der Waals surface area contributed by atoms with Gasteiger partial charge in [-0.15, -0.1) is 0 Å². The van der Waals surface area contributed by atoms with Crippen molar-refractivity contribution in [1.82, 2.24) is 14.8 Å². The van der Waals surface area contributed by atoms with Crippen LogP contribution in [0.4, 0.5) is 5.82 Å². The molecule has 0 atom stereocenters. The van der Waals surface area contributed by atoms with Crippen LogP contribution in [0.2, 0.25) is 0 Å². The number of carbonyl (C=O) groups excluding carboxylic acids is 1. The van der Waals surface area contributed by atoms with Crippen LogP contribution in [0.25, 0.3) is 0 Å². The third kappa shape index (κ3) is 2.52. The van der Waals surface area contributed by atoms with Crippen LogP contribution >= 0.6 is 15.9 Å². The second-order valence-corrected chi connectivity index (χ2v) is 4.50. The van der Waals surface area contributed by atoms with Gasteiger partial charge in [0.1, 0.15) is 5.82 Å². The number of aryl methyl sites for hydroxylation is 1. The highest BCUT2D eigenvalue weighted by Gasteiger charge is 2.13. The first-order chi connectivity index (χ1) is 8.08. The Balaban J connectivity index is 2.17. The average Bonchev–Trinajstić information content (AvgIpc) is 2.63. The van der Waals surface area contributed by atoms with Gasteiger partial charge in [-0.05, 0) is 35.0 Å². The molecule has 88 valence electrons. The van der Waals surface area contributed by atoms with Gasteiger partial charge in [0.2, 0.25) is 0 Å². The molecule has 6 heteroatoms. The molecule has 0 aliphatic carbocycles. The molecule has 0 unspecified atom stereocenters. The van der Waals surface area contributed by atoms with Gasteiger partial charge < -0.3 is 5.32 Å². The van der Waals surface area contributed by atoms with Crippen molar-refractivity contribution in [2.24, 2.45) is 7.05 Å². The van der Waals surface area contributed by atoms with E-state index in [-0.39, 0.29) is 5.91 Å². The Hall–Kier alpha value is -1.69. The molecule has 2 aromatic heterocycles. The molecule has 0 radical (unpaired) electrons. The van der Waals surface area contributed by atoms with E-state index >= 15 is 0 Å². The van der Waals surface area contributed by atoms with Crippen LogP contribution in [0, 0.1) is 6.92 Å². The Kier molecular flexibility index (Phi) is 3.23. The molecule has 0 fully saturated rings. The van der Waals surface area contributed by atoms with Crippen LogP contribution in [0.1, 0.15) is 16.1 Å². The van der Waals surface area contributed by atoms with Crippen LogP contribution in [-0.2, 0) is 7.05 Å². The molecule has 0 saturated heterocycles. The van der Waals surface area contributed by atoms with Gasteiger partial charge in [0.05, 0.1) is 11.8 Å². The molecule has 0 saturated carbocycles.